The maximum absolute atomic E-state index is 3.48. The van der Waals surface area contributed by atoms with Crippen molar-refractivity contribution in [1.29, 1.82) is 0 Å². The summed E-state index contributed by atoms with van der Waals surface area (Å²) in [5.74, 6) is 1.66. The zero-order valence-electron chi connectivity index (χ0n) is 10.2. The van der Waals surface area contributed by atoms with Crippen molar-refractivity contribution in [2.75, 3.05) is 26.2 Å². The van der Waals surface area contributed by atoms with E-state index in [1.54, 1.807) is 0 Å². The standard InChI is InChI=1S/C12H26N2/c1-5-13-8-12(10(2)3)14-7-6-11(4)9-14/h10-13H,5-9H2,1-4H3. The summed E-state index contributed by atoms with van der Waals surface area (Å²) in [6.07, 6.45) is 1.38. The second kappa shape index (κ2) is 5.72. The van der Waals surface area contributed by atoms with Gasteiger partial charge in [0.2, 0.25) is 0 Å². The number of nitrogens with one attached hydrogen (secondary N) is 1. The molecule has 2 heteroatoms. The fourth-order valence-electron chi connectivity index (χ4n) is 2.35. The number of hydrogen-bond acceptors (Lipinski definition) is 2. The third-order valence-electron chi connectivity index (χ3n) is 3.30. The topological polar surface area (TPSA) is 15.3 Å². The first-order valence-corrected chi connectivity index (χ1v) is 6.09. The molecule has 0 aromatic carbocycles. The van der Waals surface area contributed by atoms with Crippen molar-refractivity contribution in [3.8, 4) is 0 Å². The Morgan fingerprint density at radius 2 is 2.14 bits per heavy atom. The molecule has 0 aromatic heterocycles. The lowest BCUT2D eigenvalue weighted by atomic mass is 10.0. The van der Waals surface area contributed by atoms with Crippen molar-refractivity contribution in [3.05, 3.63) is 0 Å². The van der Waals surface area contributed by atoms with Crippen molar-refractivity contribution in [2.45, 2.75) is 40.2 Å². The summed E-state index contributed by atoms with van der Waals surface area (Å²) in [7, 11) is 0. The van der Waals surface area contributed by atoms with Gasteiger partial charge in [0.25, 0.3) is 0 Å². The molecule has 84 valence electrons. The van der Waals surface area contributed by atoms with Crippen molar-refractivity contribution in [3.63, 3.8) is 0 Å². The Balaban J connectivity index is 2.41. The fourth-order valence-corrected chi connectivity index (χ4v) is 2.35. The van der Waals surface area contributed by atoms with Crippen LogP contribution in [0.15, 0.2) is 0 Å². The highest BCUT2D eigenvalue weighted by Gasteiger charge is 2.27. The van der Waals surface area contributed by atoms with Crippen molar-refractivity contribution >= 4 is 0 Å². The minimum absolute atomic E-state index is 0.736. The molecule has 1 aliphatic rings. The van der Waals surface area contributed by atoms with Crippen LogP contribution in [0.2, 0.25) is 0 Å². The predicted octanol–water partition coefficient (Wildman–Crippen LogP) is 1.96. The number of nitrogens with zero attached hydrogens (tertiary/aromatic N) is 1. The van der Waals surface area contributed by atoms with Crippen molar-refractivity contribution < 1.29 is 0 Å². The Hall–Kier alpha value is -0.0800. The van der Waals surface area contributed by atoms with Gasteiger partial charge >= 0.3 is 0 Å². The molecular formula is C12H26N2. The molecule has 14 heavy (non-hydrogen) atoms. The zero-order chi connectivity index (χ0) is 10.6. The number of rotatable bonds is 5. The quantitative estimate of drug-likeness (QED) is 0.726. The van der Waals surface area contributed by atoms with Crippen LogP contribution in [0.4, 0.5) is 0 Å². The SMILES string of the molecule is CCNCC(C(C)C)N1CCC(C)C1. The summed E-state index contributed by atoms with van der Waals surface area (Å²) in [4.78, 5) is 2.66. The van der Waals surface area contributed by atoms with Gasteiger partial charge in [-0.25, -0.2) is 0 Å². The van der Waals surface area contributed by atoms with Crippen LogP contribution >= 0.6 is 0 Å². The van der Waals surface area contributed by atoms with Gasteiger partial charge < -0.3 is 5.32 Å². The Bertz CT molecular complexity index is 156. The van der Waals surface area contributed by atoms with Crippen LogP contribution in [0.25, 0.3) is 0 Å². The number of likely N-dealkylation sites (N-methyl/N-ethyl adjacent to an activating group) is 1. The minimum Gasteiger partial charge on any atom is -0.315 e. The molecule has 0 aliphatic carbocycles. The number of hydrogen-bond donors (Lipinski definition) is 1. The molecule has 0 aromatic rings. The second-order valence-corrected chi connectivity index (χ2v) is 5.01. The van der Waals surface area contributed by atoms with Gasteiger partial charge in [-0.1, -0.05) is 27.7 Å². The van der Waals surface area contributed by atoms with E-state index in [0.29, 0.717) is 0 Å². The summed E-state index contributed by atoms with van der Waals surface area (Å²) < 4.78 is 0. The molecule has 0 bridgehead atoms. The van der Waals surface area contributed by atoms with E-state index in [-0.39, 0.29) is 0 Å². The van der Waals surface area contributed by atoms with Gasteiger partial charge in [-0.2, -0.15) is 0 Å². The first kappa shape index (κ1) is 12.0. The van der Waals surface area contributed by atoms with E-state index in [0.717, 1.165) is 31.0 Å². The van der Waals surface area contributed by atoms with Crippen LogP contribution in [0.3, 0.4) is 0 Å². The van der Waals surface area contributed by atoms with E-state index in [1.165, 1.54) is 19.5 Å². The lowest BCUT2D eigenvalue weighted by Gasteiger charge is -2.31. The summed E-state index contributed by atoms with van der Waals surface area (Å²) in [6.45, 7) is 14.1. The molecule has 2 atom stereocenters. The highest BCUT2D eigenvalue weighted by molar-refractivity contribution is 4.82. The Labute approximate surface area is 89.1 Å². The first-order chi connectivity index (χ1) is 6.65. The van der Waals surface area contributed by atoms with E-state index < -0.39 is 0 Å². The molecule has 0 saturated carbocycles. The average Bonchev–Trinajstić information content (AvgIpc) is 2.52. The third kappa shape index (κ3) is 3.25. The normalized spacial score (nSPS) is 25.9. The number of likely N-dealkylation sites (tertiary alicyclic amines) is 1. The van der Waals surface area contributed by atoms with Crippen LogP contribution in [0.1, 0.15) is 34.1 Å². The molecule has 0 radical (unpaired) electrons. The molecule has 2 unspecified atom stereocenters. The predicted molar refractivity (Wildman–Crippen MR) is 62.5 cm³/mol. The van der Waals surface area contributed by atoms with Gasteiger partial charge in [0.05, 0.1) is 0 Å². The van der Waals surface area contributed by atoms with Crippen LogP contribution in [-0.2, 0) is 0 Å². The molecular weight excluding hydrogens is 172 g/mol. The Kier molecular flexibility index (Phi) is 4.90. The summed E-state index contributed by atoms with van der Waals surface area (Å²) >= 11 is 0. The molecule has 1 saturated heterocycles. The maximum Gasteiger partial charge on any atom is 0.0243 e. The molecule has 1 heterocycles. The van der Waals surface area contributed by atoms with E-state index >= 15 is 0 Å². The second-order valence-electron chi connectivity index (χ2n) is 5.01. The van der Waals surface area contributed by atoms with Crippen LogP contribution in [0, 0.1) is 11.8 Å². The van der Waals surface area contributed by atoms with E-state index in [9.17, 15) is 0 Å². The van der Waals surface area contributed by atoms with E-state index in [2.05, 4.69) is 37.9 Å². The van der Waals surface area contributed by atoms with Gasteiger partial charge in [-0.15, -0.1) is 0 Å². The smallest absolute Gasteiger partial charge is 0.0243 e. The van der Waals surface area contributed by atoms with Gasteiger partial charge in [0.15, 0.2) is 0 Å². The van der Waals surface area contributed by atoms with Gasteiger partial charge in [0.1, 0.15) is 0 Å². The summed E-state index contributed by atoms with van der Waals surface area (Å²) in [6, 6.07) is 0.736. The fraction of sp³-hybridized carbons (Fsp3) is 1.00. The van der Waals surface area contributed by atoms with Crippen molar-refractivity contribution in [2.24, 2.45) is 11.8 Å². The molecule has 1 N–H and O–H groups in total. The highest BCUT2D eigenvalue weighted by Crippen LogP contribution is 2.21. The molecule has 0 spiro atoms. The molecule has 1 fully saturated rings. The van der Waals surface area contributed by atoms with Crippen molar-refractivity contribution in [1.82, 2.24) is 10.2 Å². The maximum atomic E-state index is 3.48. The molecule has 0 amide bonds. The molecule has 2 nitrogen and oxygen atoms in total. The van der Waals surface area contributed by atoms with Crippen LogP contribution < -0.4 is 5.32 Å². The minimum atomic E-state index is 0.736. The lowest BCUT2D eigenvalue weighted by molar-refractivity contribution is 0.182. The largest absolute Gasteiger partial charge is 0.315 e. The summed E-state index contributed by atoms with van der Waals surface area (Å²) in [5.41, 5.74) is 0. The monoisotopic (exact) mass is 198 g/mol. The van der Waals surface area contributed by atoms with Crippen LogP contribution in [0.5, 0.6) is 0 Å². The van der Waals surface area contributed by atoms with Crippen LogP contribution in [-0.4, -0.2) is 37.1 Å². The van der Waals surface area contributed by atoms with E-state index in [4.69, 9.17) is 0 Å². The third-order valence-corrected chi connectivity index (χ3v) is 3.30. The first-order valence-electron chi connectivity index (χ1n) is 6.09. The lowest BCUT2D eigenvalue weighted by Crippen LogP contribution is -2.44. The zero-order valence-corrected chi connectivity index (χ0v) is 10.2. The van der Waals surface area contributed by atoms with E-state index in [1.807, 2.05) is 0 Å². The molecule has 1 aliphatic heterocycles. The average molecular weight is 198 g/mol. The van der Waals surface area contributed by atoms with Gasteiger partial charge in [-0.05, 0) is 31.3 Å². The Morgan fingerprint density at radius 3 is 2.57 bits per heavy atom. The Morgan fingerprint density at radius 1 is 1.43 bits per heavy atom. The highest BCUT2D eigenvalue weighted by atomic mass is 15.2. The van der Waals surface area contributed by atoms with Gasteiger partial charge in [-0.3, -0.25) is 4.90 Å². The molecule has 1 rings (SSSR count). The summed E-state index contributed by atoms with van der Waals surface area (Å²) in [5, 5.41) is 3.48. The van der Waals surface area contributed by atoms with Gasteiger partial charge in [0, 0.05) is 19.1 Å².